The van der Waals surface area contributed by atoms with Crippen molar-refractivity contribution in [3.05, 3.63) is 42.1 Å². The summed E-state index contributed by atoms with van der Waals surface area (Å²) in [6.07, 6.45) is 3.48. The van der Waals surface area contributed by atoms with Gasteiger partial charge in [0, 0.05) is 31.9 Å². The van der Waals surface area contributed by atoms with E-state index in [9.17, 15) is 13.2 Å². The van der Waals surface area contributed by atoms with Crippen molar-refractivity contribution in [1.82, 2.24) is 24.3 Å². The number of hydrogen-bond donors (Lipinski definition) is 1. The molecule has 0 radical (unpaired) electrons. The maximum atomic E-state index is 12.8. The number of rotatable bonds is 5. The summed E-state index contributed by atoms with van der Waals surface area (Å²) in [6, 6.07) is 7.47. The Kier molecular flexibility index (Phi) is 5.39. The molecule has 1 amide bonds. The molecule has 1 aliphatic rings. The molecule has 1 saturated heterocycles. The molecule has 2 aromatic heterocycles. The molecule has 1 fully saturated rings. The molecule has 30 heavy (non-hydrogen) atoms. The molecular formula is C19H22N6O4S. The lowest BCUT2D eigenvalue weighted by atomic mass is 10.0. The second kappa shape index (κ2) is 8.00. The fourth-order valence-corrected chi connectivity index (χ4v) is 5.02. The number of anilines is 1. The van der Waals surface area contributed by atoms with Crippen molar-refractivity contribution in [2.75, 3.05) is 18.4 Å². The van der Waals surface area contributed by atoms with Crippen LogP contribution in [0.4, 0.5) is 6.01 Å². The predicted octanol–water partition coefficient (Wildman–Crippen LogP) is 2.14. The van der Waals surface area contributed by atoms with E-state index in [1.54, 1.807) is 24.0 Å². The third kappa shape index (κ3) is 3.98. The Hall–Kier alpha value is -3.05. The summed E-state index contributed by atoms with van der Waals surface area (Å²) < 4.78 is 34.2. The van der Waals surface area contributed by atoms with Crippen LogP contribution in [0.5, 0.6) is 0 Å². The van der Waals surface area contributed by atoms with Crippen LogP contribution < -0.4 is 5.32 Å². The van der Waals surface area contributed by atoms with Gasteiger partial charge in [0.2, 0.25) is 10.0 Å². The van der Waals surface area contributed by atoms with E-state index >= 15 is 0 Å². The summed E-state index contributed by atoms with van der Waals surface area (Å²) in [6.45, 7) is 3.08. The molecule has 11 heteroatoms. The maximum absolute atomic E-state index is 12.8. The van der Waals surface area contributed by atoms with Gasteiger partial charge >= 0.3 is 6.01 Å². The lowest BCUT2D eigenvalue weighted by molar-refractivity contribution is 0.102. The number of hydrogen-bond acceptors (Lipinski definition) is 7. The minimum Gasteiger partial charge on any atom is -0.401 e. The van der Waals surface area contributed by atoms with Crippen LogP contribution in [0.15, 0.2) is 45.8 Å². The molecule has 0 bridgehead atoms. The van der Waals surface area contributed by atoms with Gasteiger partial charge in [-0.15, -0.1) is 5.10 Å². The number of carbonyl (C=O) groups is 1. The highest BCUT2D eigenvalue weighted by Gasteiger charge is 2.28. The molecule has 1 aromatic carbocycles. The van der Waals surface area contributed by atoms with E-state index in [-0.39, 0.29) is 22.4 Å². The highest BCUT2D eigenvalue weighted by molar-refractivity contribution is 7.89. The van der Waals surface area contributed by atoms with Crippen LogP contribution in [0, 0.1) is 5.92 Å². The first-order chi connectivity index (χ1) is 14.3. The van der Waals surface area contributed by atoms with E-state index in [2.05, 4.69) is 20.6 Å². The predicted molar refractivity (Wildman–Crippen MR) is 108 cm³/mol. The lowest BCUT2D eigenvalue weighted by Gasteiger charge is -2.30. The molecule has 1 N–H and O–H groups in total. The normalized spacial score (nSPS) is 17.7. The molecule has 1 atom stereocenters. The van der Waals surface area contributed by atoms with E-state index in [4.69, 9.17) is 4.42 Å². The topological polar surface area (TPSA) is 123 Å². The number of benzene rings is 1. The van der Waals surface area contributed by atoms with Crippen molar-refractivity contribution in [2.24, 2.45) is 13.0 Å². The highest BCUT2D eigenvalue weighted by atomic mass is 32.2. The summed E-state index contributed by atoms with van der Waals surface area (Å²) in [4.78, 5) is 12.6. The molecule has 10 nitrogen and oxygen atoms in total. The summed E-state index contributed by atoms with van der Waals surface area (Å²) in [5.41, 5.74) is 0.894. The molecule has 4 rings (SSSR count). The molecule has 0 spiro atoms. The molecule has 0 saturated carbocycles. The number of amides is 1. The van der Waals surface area contributed by atoms with Crippen LogP contribution >= 0.6 is 0 Å². The zero-order valence-electron chi connectivity index (χ0n) is 16.6. The quantitative estimate of drug-likeness (QED) is 0.658. The van der Waals surface area contributed by atoms with Gasteiger partial charge in [-0.25, -0.2) is 8.42 Å². The molecule has 1 unspecified atom stereocenters. The zero-order valence-corrected chi connectivity index (χ0v) is 17.5. The van der Waals surface area contributed by atoms with Crippen LogP contribution in [0.1, 0.15) is 30.1 Å². The van der Waals surface area contributed by atoms with Crippen molar-refractivity contribution in [1.29, 1.82) is 0 Å². The Morgan fingerprint density at radius 1 is 1.20 bits per heavy atom. The van der Waals surface area contributed by atoms with Crippen molar-refractivity contribution < 1.29 is 17.6 Å². The van der Waals surface area contributed by atoms with Crippen LogP contribution in [-0.4, -0.2) is 51.7 Å². The largest absolute Gasteiger partial charge is 0.401 e. The maximum Gasteiger partial charge on any atom is 0.322 e. The van der Waals surface area contributed by atoms with Crippen molar-refractivity contribution in [3.8, 4) is 11.6 Å². The highest BCUT2D eigenvalue weighted by Crippen LogP contribution is 2.24. The third-order valence-electron chi connectivity index (χ3n) is 5.06. The number of carbonyl (C=O) groups excluding carboxylic acids is 1. The van der Waals surface area contributed by atoms with E-state index < -0.39 is 15.9 Å². The average molecular weight is 430 g/mol. The molecular weight excluding hydrogens is 408 g/mol. The van der Waals surface area contributed by atoms with E-state index in [0.717, 1.165) is 12.8 Å². The molecule has 3 heterocycles. The fraction of sp³-hybridized carbons (Fsp3) is 0.368. The first-order valence-corrected chi connectivity index (χ1v) is 11.0. The van der Waals surface area contributed by atoms with Crippen LogP contribution in [0.2, 0.25) is 0 Å². The van der Waals surface area contributed by atoms with Crippen LogP contribution in [-0.2, 0) is 17.1 Å². The number of piperidine rings is 1. The van der Waals surface area contributed by atoms with Crippen LogP contribution in [0.25, 0.3) is 11.6 Å². The fourth-order valence-electron chi connectivity index (χ4n) is 3.42. The smallest absolute Gasteiger partial charge is 0.322 e. The Morgan fingerprint density at radius 2 is 1.97 bits per heavy atom. The van der Waals surface area contributed by atoms with Gasteiger partial charge in [-0.2, -0.15) is 9.40 Å². The molecule has 158 valence electrons. The molecule has 0 aliphatic carbocycles. The van der Waals surface area contributed by atoms with Crippen LogP contribution in [0.3, 0.4) is 0 Å². The second-order valence-electron chi connectivity index (χ2n) is 7.34. The van der Waals surface area contributed by atoms with Gasteiger partial charge in [-0.1, -0.05) is 12.0 Å². The monoisotopic (exact) mass is 430 g/mol. The van der Waals surface area contributed by atoms with E-state index in [0.29, 0.717) is 24.7 Å². The van der Waals surface area contributed by atoms with Crippen molar-refractivity contribution >= 4 is 21.9 Å². The van der Waals surface area contributed by atoms with Gasteiger partial charge in [-0.05, 0) is 49.1 Å². The Labute approximate surface area is 174 Å². The number of aryl methyl sites for hydroxylation is 1. The van der Waals surface area contributed by atoms with E-state index in [1.165, 1.54) is 28.6 Å². The number of aromatic nitrogens is 4. The van der Waals surface area contributed by atoms with Crippen molar-refractivity contribution in [3.63, 3.8) is 0 Å². The number of nitrogens with zero attached hydrogens (tertiary/aromatic N) is 5. The average Bonchev–Trinajstić information content (AvgIpc) is 3.36. The van der Waals surface area contributed by atoms with Gasteiger partial charge in [0.25, 0.3) is 11.8 Å². The second-order valence-corrected chi connectivity index (χ2v) is 9.28. The Balaban J connectivity index is 1.46. The molecule has 3 aromatic rings. The van der Waals surface area contributed by atoms with E-state index in [1.807, 2.05) is 6.92 Å². The first kappa shape index (κ1) is 20.2. The van der Waals surface area contributed by atoms with Crippen molar-refractivity contribution in [2.45, 2.75) is 24.7 Å². The summed E-state index contributed by atoms with van der Waals surface area (Å²) in [7, 11) is -1.84. The van der Waals surface area contributed by atoms with Gasteiger partial charge < -0.3 is 4.42 Å². The van der Waals surface area contributed by atoms with Gasteiger partial charge in [0.15, 0.2) is 0 Å². The third-order valence-corrected chi connectivity index (χ3v) is 6.94. The number of nitrogens with one attached hydrogen (secondary N) is 1. The lowest BCUT2D eigenvalue weighted by Crippen LogP contribution is -2.39. The first-order valence-electron chi connectivity index (χ1n) is 9.58. The van der Waals surface area contributed by atoms with Gasteiger partial charge in [0.1, 0.15) is 5.69 Å². The standard InChI is InChI=1S/C19H22N6O4S/c1-13-4-3-11-25(12-13)30(27,28)15-7-5-14(6-8-15)17(26)21-19-23-22-18(29-19)16-9-10-20-24(16)2/h5-10,13H,3-4,11-12H2,1-2H3,(H,21,23,26). The number of sulfonamides is 1. The minimum absolute atomic E-state index is 0.0600. The Morgan fingerprint density at radius 3 is 2.63 bits per heavy atom. The van der Waals surface area contributed by atoms with Gasteiger partial charge in [0.05, 0.1) is 4.90 Å². The SMILES string of the molecule is CC1CCCN(S(=O)(=O)c2ccc(C(=O)Nc3nnc(-c4ccnn4C)o3)cc2)C1. The Bertz CT molecular complexity index is 1150. The zero-order chi connectivity index (χ0) is 21.3. The van der Waals surface area contributed by atoms with Gasteiger partial charge in [-0.3, -0.25) is 14.8 Å². The minimum atomic E-state index is -3.57. The summed E-state index contributed by atoms with van der Waals surface area (Å²) in [5, 5.41) is 14.2. The molecule has 1 aliphatic heterocycles. The summed E-state index contributed by atoms with van der Waals surface area (Å²) in [5.74, 6) is 0.0810. The summed E-state index contributed by atoms with van der Waals surface area (Å²) >= 11 is 0.